The van der Waals surface area contributed by atoms with Crippen LogP contribution in [0, 0.1) is 3.57 Å². The van der Waals surface area contributed by atoms with Gasteiger partial charge in [-0.15, -0.1) is 0 Å². The number of phenols is 1. The molecule has 0 aliphatic heterocycles. The lowest BCUT2D eigenvalue weighted by Gasteiger charge is -2.07. The van der Waals surface area contributed by atoms with Crippen LogP contribution in [-0.4, -0.2) is 23.5 Å². The Balaban J connectivity index is 2.09. The number of halogens is 3. The number of phenolic OH excluding ortho intramolecular Hbond substituents is 1. The molecule has 7 heteroatoms. The Bertz CT molecular complexity index is 683. The predicted molar refractivity (Wildman–Crippen MR) is 91.9 cm³/mol. The number of hydrogen-bond acceptors (Lipinski definition) is 4. The molecule has 0 amide bonds. The van der Waals surface area contributed by atoms with E-state index in [4.69, 9.17) is 27.9 Å². The van der Waals surface area contributed by atoms with Crippen molar-refractivity contribution in [3.8, 4) is 5.75 Å². The third kappa shape index (κ3) is 4.12. The summed E-state index contributed by atoms with van der Waals surface area (Å²) in [5.74, 6) is -1.48. The summed E-state index contributed by atoms with van der Waals surface area (Å²) in [7, 11) is 0. The van der Waals surface area contributed by atoms with Crippen molar-refractivity contribution in [2.75, 3.05) is 6.61 Å². The average Bonchev–Trinajstić information content (AvgIpc) is 2.49. The molecule has 0 spiro atoms. The second kappa shape index (κ2) is 7.30. The van der Waals surface area contributed by atoms with E-state index in [1.807, 2.05) is 22.6 Å². The summed E-state index contributed by atoms with van der Waals surface area (Å²) in [6.07, 6.45) is 0. The molecule has 2 rings (SSSR count). The quantitative estimate of drug-likeness (QED) is 0.427. The lowest BCUT2D eigenvalue weighted by Crippen LogP contribution is -2.15. The molecule has 2 aromatic rings. The zero-order valence-electron chi connectivity index (χ0n) is 11.0. The van der Waals surface area contributed by atoms with Crippen LogP contribution in [0.1, 0.15) is 20.7 Å². The summed E-state index contributed by atoms with van der Waals surface area (Å²) in [5.41, 5.74) is 0.172. The van der Waals surface area contributed by atoms with E-state index in [-0.39, 0.29) is 21.9 Å². The van der Waals surface area contributed by atoms with Crippen LogP contribution in [0.5, 0.6) is 5.75 Å². The van der Waals surface area contributed by atoms with Gasteiger partial charge in [0.25, 0.3) is 0 Å². The molecule has 0 atom stereocenters. The number of esters is 1. The third-order valence-corrected chi connectivity index (χ3v) is 3.98. The number of benzene rings is 2. The summed E-state index contributed by atoms with van der Waals surface area (Å²) in [4.78, 5) is 23.9. The third-order valence-electron chi connectivity index (χ3n) is 2.74. The Morgan fingerprint density at radius 3 is 2.55 bits per heavy atom. The van der Waals surface area contributed by atoms with Gasteiger partial charge in [0.05, 0.1) is 5.02 Å². The van der Waals surface area contributed by atoms with Crippen LogP contribution in [-0.2, 0) is 4.74 Å². The molecule has 0 saturated heterocycles. The lowest BCUT2D eigenvalue weighted by atomic mass is 10.1. The molecular weight excluding hydrogens is 442 g/mol. The number of hydrogen-bond donors (Lipinski definition) is 1. The van der Waals surface area contributed by atoms with Gasteiger partial charge in [-0.2, -0.15) is 0 Å². The van der Waals surface area contributed by atoms with Gasteiger partial charge in [-0.05, 0) is 59.0 Å². The van der Waals surface area contributed by atoms with Gasteiger partial charge in [0.2, 0.25) is 5.78 Å². The van der Waals surface area contributed by atoms with Crippen LogP contribution in [0.25, 0.3) is 0 Å². The minimum absolute atomic E-state index is 0.00288. The fraction of sp³-hybridized carbons (Fsp3) is 0.0667. The van der Waals surface area contributed by atoms with Gasteiger partial charge in [-0.3, -0.25) is 4.79 Å². The van der Waals surface area contributed by atoms with E-state index in [0.29, 0.717) is 5.02 Å². The van der Waals surface area contributed by atoms with Crippen molar-refractivity contribution in [3.05, 3.63) is 61.1 Å². The summed E-state index contributed by atoms with van der Waals surface area (Å²) in [5, 5.41) is 10.2. The van der Waals surface area contributed by atoms with Crippen LogP contribution in [0.4, 0.5) is 0 Å². The largest absolute Gasteiger partial charge is 0.507 e. The van der Waals surface area contributed by atoms with Crippen LogP contribution in [0.3, 0.4) is 0 Å². The average molecular weight is 451 g/mol. The highest BCUT2D eigenvalue weighted by Gasteiger charge is 2.17. The first kappa shape index (κ1) is 17.1. The molecule has 0 fully saturated rings. The summed E-state index contributed by atoms with van der Waals surface area (Å²) >= 11 is 13.7. The second-order valence-electron chi connectivity index (χ2n) is 4.28. The Kier molecular flexibility index (Phi) is 5.66. The minimum Gasteiger partial charge on any atom is -0.507 e. The van der Waals surface area contributed by atoms with E-state index in [1.54, 1.807) is 12.1 Å². The molecule has 0 radical (unpaired) electrons. The van der Waals surface area contributed by atoms with Crippen LogP contribution in [0.2, 0.25) is 10.0 Å². The monoisotopic (exact) mass is 450 g/mol. The highest BCUT2D eigenvalue weighted by molar-refractivity contribution is 14.1. The van der Waals surface area contributed by atoms with E-state index >= 15 is 0 Å². The zero-order chi connectivity index (χ0) is 16.3. The van der Waals surface area contributed by atoms with E-state index < -0.39 is 18.4 Å². The maximum absolute atomic E-state index is 12.0. The number of Topliss-reactive ketones (excluding diaryl/α,β-unsaturated/α-hetero) is 1. The number of carbonyl (C=O) groups excluding carboxylic acids is 2. The van der Waals surface area contributed by atoms with Crippen molar-refractivity contribution in [2.24, 2.45) is 0 Å². The van der Waals surface area contributed by atoms with Crippen molar-refractivity contribution in [1.29, 1.82) is 0 Å². The Hall–Kier alpha value is -1.31. The second-order valence-corrected chi connectivity index (χ2v) is 6.37. The molecule has 0 saturated carbocycles. The van der Waals surface area contributed by atoms with Crippen molar-refractivity contribution in [3.63, 3.8) is 0 Å². The molecule has 22 heavy (non-hydrogen) atoms. The predicted octanol–water partition coefficient (Wildman–Crippen LogP) is 4.34. The standard InChI is InChI=1S/C15H9Cl2IO4/c16-8-1-3-12(17)10(5-8)14(20)7-22-15(21)11-6-9(18)2-4-13(11)19/h1-6,19H,7H2. The summed E-state index contributed by atoms with van der Waals surface area (Å²) < 4.78 is 5.68. The number of ether oxygens (including phenoxy) is 1. The van der Waals surface area contributed by atoms with Gasteiger partial charge >= 0.3 is 5.97 Å². The van der Waals surface area contributed by atoms with Gasteiger partial charge in [-0.25, -0.2) is 4.79 Å². The smallest absolute Gasteiger partial charge is 0.342 e. The molecule has 2 aromatic carbocycles. The molecule has 0 heterocycles. The summed E-state index contributed by atoms with van der Waals surface area (Å²) in [6, 6.07) is 8.94. The minimum atomic E-state index is -0.789. The van der Waals surface area contributed by atoms with Gasteiger partial charge in [-0.1, -0.05) is 23.2 Å². The topological polar surface area (TPSA) is 63.6 Å². The maximum atomic E-state index is 12.0. The molecule has 0 aliphatic carbocycles. The van der Waals surface area contributed by atoms with E-state index in [2.05, 4.69) is 0 Å². The van der Waals surface area contributed by atoms with Gasteiger partial charge in [0, 0.05) is 14.2 Å². The number of aromatic hydroxyl groups is 1. The van der Waals surface area contributed by atoms with E-state index in [0.717, 1.165) is 3.57 Å². The Morgan fingerprint density at radius 1 is 1.09 bits per heavy atom. The highest BCUT2D eigenvalue weighted by atomic mass is 127. The van der Waals surface area contributed by atoms with Gasteiger partial charge in [0.15, 0.2) is 6.61 Å². The van der Waals surface area contributed by atoms with Crippen molar-refractivity contribution in [2.45, 2.75) is 0 Å². The Morgan fingerprint density at radius 2 is 1.82 bits per heavy atom. The number of carbonyl (C=O) groups is 2. The molecule has 4 nitrogen and oxygen atoms in total. The molecular formula is C15H9Cl2IO4. The fourth-order valence-corrected chi connectivity index (χ4v) is 2.56. The first-order valence-corrected chi connectivity index (χ1v) is 7.86. The molecule has 0 unspecified atom stereocenters. The number of ketones is 1. The first-order valence-electron chi connectivity index (χ1n) is 6.02. The molecule has 0 aromatic heterocycles. The van der Waals surface area contributed by atoms with Gasteiger partial charge in [0.1, 0.15) is 11.3 Å². The normalized spacial score (nSPS) is 10.3. The van der Waals surface area contributed by atoms with Crippen LogP contribution in [0.15, 0.2) is 36.4 Å². The van der Waals surface area contributed by atoms with Crippen molar-refractivity contribution >= 4 is 57.5 Å². The molecule has 0 aliphatic rings. The highest BCUT2D eigenvalue weighted by Crippen LogP contribution is 2.23. The van der Waals surface area contributed by atoms with E-state index in [1.165, 1.54) is 24.3 Å². The molecule has 114 valence electrons. The molecule has 0 bridgehead atoms. The van der Waals surface area contributed by atoms with Gasteiger partial charge < -0.3 is 9.84 Å². The van der Waals surface area contributed by atoms with Crippen molar-refractivity contribution in [1.82, 2.24) is 0 Å². The number of rotatable bonds is 4. The lowest BCUT2D eigenvalue weighted by molar-refractivity contribution is 0.0471. The van der Waals surface area contributed by atoms with Crippen molar-refractivity contribution < 1.29 is 19.4 Å². The Labute approximate surface area is 150 Å². The SMILES string of the molecule is O=C(OCC(=O)c1cc(Cl)ccc1Cl)c1cc(I)ccc1O. The zero-order valence-corrected chi connectivity index (χ0v) is 14.6. The van der Waals surface area contributed by atoms with Crippen LogP contribution < -0.4 is 0 Å². The summed E-state index contributed by atoms with van der Waals surface area (Å²) in [6.45, 7) is -0.496. The van der Waals surface area contributed by atoms with Crippen LogP contribution >= 0.6 is 45.8 Å². The maximum Gasteiger partial charge on any atom is 0.342 e. The fourth-order valence-electron chi connectivity index (χ4n) is 1.67. The first-order chi connectivity index (χ1) is 10.4. The molecule has 1 N–H and O–H groups in total. The van der Waals surface area contributed by atoms with E-state index in [9.17, 15) is 14.7 Å².